The van der Waals surface area contributed by atoms with Crippen LogP contribution >= 0.6 is 0 Å². The number of carbonyl (C=O) groups is 2. The highest BCUT2D eigenvalue weighted by atomic mass is 16.2. The number of fused-ring (bicyclic) bond motifs is 1. The van der Waals surface area contributed by atoms with Gasteiger partial charge in [-0.2, -0.15) is 0 Å². The molecule has 1 aromatic heterocycles. The zero-order valence-corrected chi connectivity index (χ0v) is 23.5. The number of rotatable bonds is 15. The third-order valence-electron chi connectivity index (χ3n) is 7.19. The van der Waals surface area contributed by atoms with Crippen molar-refractivity contribution in [2.45, 2.75) is 79.2 Å². The summed E-state index contributed by atoms with van der Waals surface area (Å²) in [5, 5.41) is 3.30. The molecule has 0 atom stereocenters. The number of benzene rings is 1. The minimum Gasteiger partial charge on any atom is -0.370 e. The Bertz CT molecular complexity index is 997. The summed E-state index contributed by atoms with van der Waals surface area (Å²) in [7, 11) is 0. The Morgan fingerprint density at radius 3 is 2.32 bits per heavy atom. The zero-order valence-electron chi connectivity index (χ0n) is 23.5. The molecular formula is C29H48N6O2. The third kappa shape index (κ3) is 9.02. The summed E-state index contributed by atoms with van der Waals surface area (Å²) in [5.74, 6) is 1.58. The largest absolute Gasteiger partial charge is 0.370 e. The number of hydrogen-bond donors (Lipinski definition) is 2. The number of carbonyl (C=O) groups excluding carboxylic acids is 2. The van der Waals surface area contributed by atoms with E-state index in [9.17, 15) is 9.59 Å². The van der Waals surface area contributed by atoms with Gasteiger partial charge in [0.1, 0.15) is 0 Å². The van der Waals surface area contributed by atoms with Gasteiger partial charge in [-0.25, -0.2) is 4.98 Å². The number of aromatic nitrogens is 2. The van der Waals surface area contributed by atoms with E-state index < -0.39 is 0 Å². The molecule has 3 rings (SSSR count). The van der Waals surface area contributed by atoms with Crippen molar-refractivity contribution in [3.8, 4) is 0 Å². The molecule has 0 saturated carbocycles. The number of nitrogens with zero attached hydrogens (tertiary/aromatic N) is 4. The number of likely N-dealkylation sites (tertiary alicyclic amines) is 1. The van der Waals surface area contributed by atoms with Crippen molar-refractivity contribution in [1.82, 2.24) is 19.4 Å². The minimum atomic E-state index is -0.337. The molecule has 0 aliphatic carbocycles. The van der Waals surface area contributed by atoms with Crippen LogP contribution < -0.4 is 11.1 Å². The molecule has 0 bridgehead atoms. The van der Waals surface area contributed by atoms with Crippen LogP contribution in [-0.2, 0) is 11.3 Å². The number of imidazole rings is 1. The Labute approximate surface area is 223 Å². The Kier molecular flexibility index (Phi) is 11.2. The lowest BCUT2D eigenvalue weighted by Crippen LogP contribution is -2.34. The second-order valence-corrected chi connectivity index (χ2v) is 11.3. The molecule has 0 unspecified atom stereocenters. The number of primary amides is 1. The predicted octanol–water partition coefficient (Wildman–Crippen LogP) is 4.73. The summed E-state index contributed by atoms with van der Waals surface area (Å²) in [4.78, 5) is 34.3. The Morgan fingerprint density at radius 2 is 1.70 bits per heavy atom. The highest BCUT2D eigenvalue weighted by molar-refractivity contribution is 5.97. The van der Waals surface area contributed by atoms with Crippen molar-refractivity contribution in [2.75, 3.05) is 44.6 Å². The molecule has 8 heteroatoms. The van der Waals surface area contributed by atoms with Crippen LogP contribution in [0.1, 0.15) is 83.0 Å². The van der Waals surface area contributed by atoms with E-state index in [2.05, 4.69) is 42.5 Å². The number of amides is 2. The second kappa shape index (κ2) is 14.4. The van der Waals surface area contributed by atoms with Gasteiger partial charge < -0.3 is 25.4 Å². The van der Waals surface area contributed by atoms with Crippen molar-refractivity contribution in [3.63, 3.8) is 0 Å². The lowest BCUT2D eigenvalue weighted by Gasteiger charge is -2.26. The molecule has 1 aromatic carbocycles. The SMILES string of the molecule is CC(C)CCN(CCC(C)C)C(=O)c1ccc2nc(NCCC(N)=O)n(CCCN3CCCCC3)c2c1. The number of nitrogens with two attached hydrogens (primary N) is 1. The zero-order chi connectivity index (χ0) is 26.8. The molecule has 1 aliphatic heterocycles. The van der Waals surface area contributed by atoms with Gasteiger partial charge in [-0.3, -0.25) is 9.59 Å². The van der Waals surface area contributed by atoms with Crippen molar-refractivity contribution in [3.05, 3.63) is 23.8 Å². The summed E-state index contributed by atoms with van der Waals surface area (Å²) in [6, 6.07) is 5.86. The van der Waals surface area contributed by atoms with Crippen LogP contribution in [0.15, 0.2) is 18.2 Å². The first-order valence-electron chi connectivity index (χ1n) is 14.3. The smallest absolute Gasteiger partial charge is 0.253 e. The predicted molar refractivity (Wildman–Crippen MR) is 152 cm³/mol. The van der Waals surface area contributed by atoms with Gasteiger partial charge in [0.2, 0.25) is 11.9 Å². The summed E-state index contributed by atoms with van der Waals surface area (Å²) in [6.45, 7) is 15.0. The molecule has 0 spiro atoms. The van der Waals surface area contributed by atoms with Gasteiger partial charge in [0.05, 0.1) is 11.0 Å². The van der Waals surface area contributed by atoms with E-state index >= 15 is 0 Å². The molecule has 37 heavy (non-hydrogen) atoms. The first-order valence-corrected chi connectivity index (χ1v) is 14.3. The Morgan fingerprint density at radius 1 is 1.03 bits per heavy atom. The van der Waals surface area contributed by atoms with Gasteiger partial charge in [0.25, 0.3) is 5.91 Å². The Hall–Kier alpha value is -2.61. The van der Waals surface area contributed by atoms with E-state index in [0.717, 1.165) is 62.4 Å². The van der Waals surface area contributed by atoms with E-state index in [1.54, 1.807) is 0 Å². The monoisotopic (exact) mass is 512 g/mol. The van der Waals surface area contributed by atoms with Gasteiger partial charge in [-0.05, 0) is 81.8 Å². The van der Waals surface area contributed by atoms with Gasteiger partial charge in [0.15, 0.2) is 0 Å². The molecule has 2 amide bonds. The van der Waals surface area contributed by atoms with Crippen molar-refractivity contribution in [1.29, 1.82) is 0 Å². The molecule has 1 fully saturated rings. The molecular weight excluding hydrogens is 464 g/mol. The molecule has 2 heterocycles. The fourth-order valence-electron chi connectivity index (χ4n) is 4.88. The van der Waals surface area contributed by atoms with Crippen molar-refractivity contribution < 1.29 is 9.59 Å². The van der Waals surface area contributed by atoms with Crippen LogP contribution in [0.4, 0.5) is 5.95 Å². The fourth-order valence-corrected chi connectivity index (χ4v) is 4.88. The number of anilines is 1. The van der Waals surface area contributed by atoms with E-state index in [0.29, 0.717) is 23.9 Å². The van der Waals surface area contributed by atoms with Gasteiger partial charge in [-0.1, -0.05) is 34.1 Å². The minimum absolute atomic E-state index is 0.0903. The second-order valence-electron chi connectivity index (χ2n) is 11.3. The summed E-state index contributed by atoms with van der Waals surface area (Å²) >= 11 is 0. The third-order valence-corrected chi connectivity index (χ3v) is 7.19. The normalized spacial score (nSPS) is 14.5. The standard InChI is InChI=1S/C29H48N6O2/c1-22(2)12-19-34(20-13-23(3)4)28(37)24-9-10-25-26(21-24)35(29(32-25)31-14-11-27(30)36)18-8-17-33-15-6-5-7-16-33/h9-10,21-23H,5-8,11-20H2,1-4H3,(H2,30,36)(H,31,32). The maximum absolute atomic E-state index is 13.6. The molecule has 1 saturated heterocycles. The molecule has 3 N–H and O–H groups in total. The first-order chi connectivity index (χ1) is 17.7. The fraction of sp³-hybridized carbons (Fsp3) is 0.690. The number of nitrogens with one attached hydrogen (secondary N) is 1. The van der Waals surface area contributed by atoms with Crippen LogP contribution in [0.25, 0.3) is 11.0 Å². The van der Waals surface area contributed by atoms with Gasteiger partial charge in [0, 0.05) is 38.2 Å². The molecule has 8 nitrogen and oxygen atoms in total. The Balaban J connectivity index is 1.83. The van der Waals surface area contributed by atoms with Gasteiger partial charge in [-0.15, -0.1) is 0 Å². The van der Waals surface area contributed by atoms with Crippen molar-refractivity contribution in [2.24, 2.45) is 17.6 Å². The van der Waals surface area contributed by atoms with E-state index in [1.165, 1.54) is 32.4 Å². The highest BCUT2D eigenvalue weighted by Crippen LogP contribution is 2.23. The lowest BCUT2D eigenvalue weighted by atomic mass is 10.1. The summed E-state index contributed by atoms with van der Waals surface area (Å²) in [6.07, 6.45) is 7.14. The van der Waals surface area contributed by atoms with Crippen LogP contribution in [-0.4, -0.2) is 70.4 Å². The number of hydrogen-bond acceptors (Lipinski definition) is 5. The molecule has 2 aromatic rings. The highest BCUT2D eigenvalue weighted by Gasteiger charge is 2.19. The van der Waals surface area contributed by atoms with Crippen LogP contribution in [0.3, 0.4) is 0 Å². The topological polar surface area (TPSA) is 96.5 Å². The van der Waals surface area contributed by atoms with Crippen molar-refractivity contribution >= 4 is 28.8 Å². The molecule has 206 valence electrons. The lowest BCUT2D eigenvalue weighted by molar-refractivity contribution is -0.117. The maximum atomic E-state index is 13.6. The summed E-state index contributed by atoms with van der Waals surface area (Å²) < 4.78 is 2.17. The number of piperidine rings is 1. The average molecular weight is 513 g/mol. The van der Waals surface area contributed by atoms with Gasteiger partial charge >= 0.3 is 0 Å². The molecule has 0 radical (unpaired) electrons. The van der Waals surface area contributed by atoms with Crippen LogP contribution in [0.5, 0.6) is 0 Å². The molecule has 1 aliphatic rings. The number of aryl methyl sites for hydroxylation is 1. The summed E-state index contributed by atoms with van der Waals surface area (Å²) in [5.41, 5.74) is 7.87. The van der Waals surface area contributed by atoms with E-state index in [-0.39, 0.29) is 18.2 Å². The van der Waals surface area contributed by atoms with E-state index in [4.69, 9.17) is 10.7 Å². The van der Waals surface area contributed by atoms with Crippen LogP contribution in [0.2, 0.25) is 0 Å². The van der Waals surface area contributed by atoms with E-state index in [1.807, 2.05) is 23.1 Å². The first kappa shape index (κ1) is 29.0. The average Bonchev–Trinajstić information content (AvgIpc) is 3.20. The quantitative estimate of drug-likeness (QED) is 0.359. The van der Waals surface area contributed by atoms with Crippen LogP contribution in [0, 0.1) is 11.8 Å². The maximum Gasteiger partial charge on any atom is 0.253 e.